The summed E-state index contributed by atoms with van der Waals surface area (Å²) in [6.45, 7) is 6.29. The number of phenolic OH excluding ortho intramolecular Hbond substituents is 1. The average Bonchev–Trinajstić information content (AvgIpc) is 2.90. The second-order valence-corrected chi connectivity index (χ2v) is 8.73. The highest BCUT2D eigenvalue weighted by Crippen LogP contribution is 2.30. The fourth-order valence-corrected chi connectivity index (χ4v) is 4.52. The first-order chi connectivity index (χ1) is 16.7. The molecule has 0 heterocycles. The SMILES string of the molecule is C=C(c1ccc(O)cc1)N(CCCc1ccccc1)CCC(c1ccccc1)c1ccccc1. The third-order valence-electron chi connectivity index (χ3n) is 6.41. The normalized spacial score (nSPS) is 10.9. The molecular formula is C32H33NO. The van der Waals surface area contributed by atoms with E-state index in [2.05, 4.69) is 102 Å². The van der Waals surface area contributed by atoms with Crippen LogP contribution < -0.4 is 0 Å². The second kappa shape index (κ2) is 11.9. The largest absolute Gasteiger partial charge is 0.508 e. The Morgan fingerprint density at radius 2 is 1.21 bits per heavy atom. The van der Waals surface area contributed by atoms with E-state index in [-0.39, 0.29) is 5.75 Å². The van der Waals surface area contributed by atoms with Crippen LogP contribution in [-0.4, -0.2) is 23.1 Å². The Morgan fingerprint density at radius 1 is 0.676 bits per heavy atom. The van der Waals surface area contributed by atoms with Crippen LogP contribution >= 0.6 is 0 Å². The summed E-state index contributed by atoms with van der Waals surface area (Å²) in [5.74, 6) is 0.604. The van der Waals surface area contributed by atoms with Crippen molar-refractivity contribution in [3.05, 3.63) is 144 Å². The van der Waals surface area contributed by atoms with Crippen molar-refractivity contribution < 1.29 is 5.11 Å². The molecule has 0 spiro atoms. The van der Waals surface area contributed by atoms with Crippen molar-refractivity contribution in [2.75, 3.05) is 13.1 Å². The van der Waals surface area contributed by atoms with E-state index in [1.54, 1.807) is 12.1 Å². The monoisotopic (exact) mass is 447 g/mol. The van der Waals surface area contributed by atoms with E-state index < -0.39 is 0 Å². The number of aryl methyl sites for hydroxylation is 1. The zero-order valence-corrected chi connectivity index (χ0v) is 19.7. The fraction of sp³-hybridized carbons (Fsp3) is 0.188. The maximum absolute atomic E-state index is 9.73. The van der Waals surface area contributed by atoms with Crippen LogP contribution in [0.2, 0.25) is 0 Å². The van der Waals surface area contributed by atoms with Gasteiger partial charge in [0.25, 0.3) is 0 Å². The summed E-state index contributed by atoms with van der Waals surface area (Å²) in [7, 11) is 0. The van der Waals surface area contributed by atoms with Gasteiger partial charge >= 0.3 is 0 Å². The van der Waals surface area contributed by atoms with Gasteiger partial charge in [0.05, 0.1) is 0 Å². The summed E-state index contributed by atoms with van der Waals surface area (Å²) in [6, 6.07) is 39.6. The standard InChI is InChI=1S/C32H33NO/c1-26(28-19-21-31(34)22-20-28)33(24-11-14-27-12-5-2-6-13-27)25-23-32(29-15-7-3-8-16-29)30-17-9-4-10-18-30/h2-10,12-13,15-22,32,34H,1,11,14,23-25H2. The molecule has 0 radical (unpaired) electrons. The molecule has 4 aromatic rings. The zero-order chi connectivity index (χ0) is 23.6. The van der Waals surface area contributed by atoms with E-state index in [1.165, 1.54) is 16.7 Å². The minimum absolute atomic E-state index is 0.278. The molecule has 0 aliphatic carbocycles. The Morgan fingerprint density at radius 3 is 1.76 bits per heavy atom. The highest BCUT2D eigenvalue weighted by atomic mass is 16.3. The Hall–Kier alpha value is -3.78. The van der Waals surface area contributed by atoms with Gasteiger partial charge in [-0.2, -0.15) is 0 Å². The van der Waals surface area contributed by atoms with Crippen LogP contribution in [0.15, 0.2) is 122 Å². The van der Waals surface area contributed by atoms with Gasteiger partial charge in [-0.25, -0.2) is 0 Å². The average molecular weight is 448 g/mol. The van der Waals surface area contributed by atoms with Crippen LogP contribution in [0.5, 0.6) is 5.75 Å². The Kier molecular flexibility index (Phi) is 8.18. The van der Waals surface area contributed by atoms with Crippen molar-refractivity contribution in [3.8, 4) is 5.75 Å². The molecule has 4 rings (SSSR count). The summed E-state index contributed by atoms with van der Waals surface area (Å²) in [5, 5.41) is 9.73. The molecule has 0 saturated carbocycles. The number of aromatic hydroxyl groups is 1. The Balaban J connectivity index is 1.51. The zero-order valence-electron chi connectivity index (χ0n) is 19.7. The van der Waals surface area contributed by atoms with Gasteiger partial charge < -0.3 is 10.0 Å². The summed E-state index contributed by atoms with van der Waals surface area (Å²) in [5.41, 5.74) is 6.10. The molecular weight excluding hydrogens is 414 g/mol. The van der Waals surface area contributed by atoms with Gasteiger partial charge in [-0.1, -0.05) is 97.6 Å². The quantitative estimate of drug-likeness (QED) is 0.257. The third kappa shape index (κ3) is 6.39. The number of nitrogens with zero attached hydrogens (tertiary/aromatic N) is 1. The molecule has 0 saturated heterocycles. The number of hydrogen-bond acceptors (Lipinski definition) is 2. The van der Waals surface area contributed by atoms with Crippen LogP contribution in [0.3, 0.4) is 0 Å². The van der Waals surface area contributed by atoms with Gasteiger partial charge in [0.1, 0.15) is 5.75 Å². The summed E-state index contributed by atoms with van der Waals surface area (Å²) in [4.78, 5) is 2.41. The van der Waals surface area contributed by atoms with Crippen molar-refractivity contribution in [2.24, 2.45) is 0 Å². The van der Waals surface area contributed by atoms with Crippen LogP contribution in [0.1, 0.15) is 41.0 Å². The molecule has 0 atom stereocenters. The predicted octanol–water partition coefficient (Wildman–Crippen LogP) is 7.52. The van der Waals surface area contributed by atoms with E-state index in [0.29, 0.717) is 5.92 Å². The molecule has 2 nitrogen and oxygen atoms in total. The van der Waals surface area contributed by atoms with Gasteiger partial charge in [-0.15, -0.1) is 0 Å². The number of phenols is 1. The molecule has 0 fully saturated rings. The van der Waals surface area contributed by atoms with E-state index in [1.807, 2.05) is 12.1 Å². The molecule has 4 aromatic carbocycles. The van der Waals surface area contributed by atoms with Crippen LogP contribution in [0, 0.1) is 0 Å². The maximum atomic E-state index is 9.73. The van der Waals surface area contributed by atoms with Crippen LogP contribution in [0.4, 0.5) is 0 Å². The smallest absolute Gasteiger partial charge is 0.115 e. The number of rotatable bonds is 11. The van der Waals surface area contributed by atoms with E-state index in [9.17, 15) is 5.11 Å². The molecule has 0 aliphatic rings. The van der Waals surface area contributed by atoms with Crippen molar-refractivity contribution in [1.82, 2.24) is 4.90 Å². The summed E-state index contributed by atoms with van der Waals surface area (Å²) < 4.78 is 0. The van der Waals surface area contributed by atoms with Gasteiger partial charge in [0, 0.05) is 24.7 Å². The van der Waals surface area contributed by atoms with E-state index >= 15 is 0 Å². The third-order valence-corrected chi connectivity index (χ3v) is 6.41. The Bertz CT molecular complexity index is 1100. The first-order valence-electron chi connectivity index (χ1n) is 12.1. The predicted molar refractivity (Wildman–Crippen MR) is 143 cm³/mol. The lowest BCUT2D eigenvalue weighted by atomic mass is 9.88. The lowest BCUT2D eigenvalue weighted by Gasteiger charge is -2.29. The maximum Gasteiger partial charge on any atom is 0.115 e. The molecule has 1 N–H and O–H groups in total. The minimum Gasteiger partial charge on any atom is -0.508 e. The molecule has 0 aliphatic heterocycles. The van der Waals surface area contributed by atoms with Gasteiger partial charge in [-0.3, -0.25) is 0 Å². The second-order valence-electron chi connectivity index (χ2n) is 8.73. The first kappa shape index (κ1) is 23.4. The van der Waals surface area contributed by atoms with Crippen molar-refractivity contribution >= 4 is 5.70 Å². The molecule has 172 valence electrons. The first-order valence-corrected chi connectivity index (χ1v) is 12.1. The highest BCUT2D eigenvalue weighted by Gasteiger charge is 2.17. The highest BCUT2D eigenvalue weighted by molar-refractivity contribution is 5.62. The molecule has 0 unspecified atom stereocenters. The van der Waals surface area contributed by atoms with E-state index in [0.717, 1.165) is 43.6 Å². The lowest BCUT2D eigenvalue weighted by Crippen LogP contribution is -2.26. The van der Waals surface area contributed by atoms with Gasteiger partial charge in [0.15, 0.2) is 0 Å². The fourth-order valence-electron chi connectivity index (χ4n) is 4.52. The summed E-state index contributed by atoms with van der Waals surface area (Å²) in [6.07, 6.45) is 3.10. The van der Waals surface area contributed by atoms with E-state index in [4.69, 9.17) is 0 Å². The molecule has 0 amide bonds. The van der Waals surface area contributed by atoms with Gasteiger partial charge in [-0.05, 0) is 65.8 Å². The Labute approximate surface area is 203 Å². The topological polar surface area (TPSA) is 23.5 Å². The lowest BCUT2D eigenvalue weighted by molar-refractivity contribution is 0.375. The van der Waals surface area contributed by atoms with Crippen molar-refractivity contribution in [3.63, 3.8) is 0 Å². The number of hydrogen-bond donors (Lipinski definition) is 1. The minimum atomic E-state index is 0.278. The van der Waals surface area contributed by atoms with Crippen molar-refractivity contribution in [2.45, 2.75) is 25.2 Å². The summed E-state index contributed by atoms with van der Waals surface area (Å²) >= 11 is 0. The molecule has 0 aromatic heterocycles. The van der Waals surface area contributed by atoms with Crippen LogP contribution in [0.25, 0.3) is 5.70 Å². The van der Waals surface area contributed by atoms with Gasteiger partial charge in [0.2, 0.25) is 0 Å². The van der Waals surface area contributed by atoms with Crippen LogP contribution in [-0.2, 0) is 6.42 Å². The molecule has 0 bridgehead atoms. The van der Waals surface area contributed by atoms with Crippen molar-refractivity contribution in [1.29, 1.82) is 0 Å². The number of benzene rings is 4. The molecule has 34 heavy (non-hydrogen) atoms. The molecule has 2 heteroatoms.